The number of carboxylic acids is 1. The van der Waals surface area contributed by atoms with Gasteiger partial charge in [0.05, 0.1) is 17.5 Å². The number of benzene rings is 1. The van der Waals surface area contributed by atoms with Crippen LogP contribution in [0, 0.1) is 17.7 Å². The quantitative estimate of drug-likeness (QED) is 0.878. The van der Waals surface area contributed by atoms with Crippen LogP contribution in [-0.4, -0.2) is 17.0 Å². The molecule has 0 aromatic heterocycles. The summed E-state index contributed by atoms with van der Waals surface area (Å²) >= 11 is 5.60. The predicted octanol–water partition coefficient (Wildman–Crippen LogP) is 2.77. The molecule has 3 atom stereocenters. The van der Waals surface area contributed by atoms with Crippen molar-refractivity contribution in [2.24, 2.45) is 11.8 Å². The van der Waals surface area contributed by atoms with E-state index < -0.39 is 17.8 Å². The minimum atomic E-state index is -1.06. The first-order valence-corrected chi connectivity index (χ1v) is 6.73. The summed E-state index contributed by atoms with van der Waals surface area (Å²) in [5.74, 6) is -1.62. The van der Waals surface area contributed by atoms with Gasteiger partial charge in [0.25, 0.3) is 0 Å². The Labute approximate surface area is 120 Å². The minimum absolute atomic E-state index is 0.0371. The Bertz CT molecular complexity index is 549. The molecule has 1 aromatic carbocycles. The zero-order valence-electron chi connectivity index (χ0n) is 10.9. The van der Waals surface area contributed by atoms with Crippen LogP contribution in [0.25, 0.3) is 0 Å². The highest BCUT2D eigenvalue weighted by Gasteiger charge is 2.40. The number of carboxylic acid groups (broad SMARTS) is 1. The Morgan fingerprint density at radius 2 is 2.20 bits per heavy atom. The summed E-state index contributed by atoms with van der Waals surface area (Å²) in [5.41, 5.74) is 0.399. The van der Waals surface area contributed by atoms with Gasteiger partial charge in [0.1, 0.15) is 5.82 Å². The SMILES string of the molecule is CC1CC1C(=O)NC(CC(=O)O)c1ccc(Cl)c(F)c1. The summed E-state index contributed by atoms with van der Waals surface area (Å²) in [6.07, 6.45) is 0.508. The zero-order valence-corrected chi connectivity index (χ0v) is 11.7. The average molecular weight is 300 g/mol. The van der Waals surface area contributed by atoms with E-state index in [-0.39, 0.29) is 23.3 Å². The van der Waals surface area contributed by atoms with Crippen LogP contribution < -0.4 is 5.32 Å². The number of carbonyl (C=O) groups is 2. The second kappa shape index (κ2) is 5.79. The van der Waals surface area contributed by atoms with Gasteiger partial charge < -0.3 is 10.4 Å². The van der Waals surface area contributed by atoms with Crippen molar-refractivity contribution in [1.82, 2.24) is 5.32 Å². The molecule has 1 aromatic rings. The molecule has 0 saturated heterocycles. The van der Waals surface area contributed by atoms with Crippen molar-refractivity contribution < 1.29 is 19.1 Å². The van der Waals surface area contributed by atoms with Crippen LogP contribution in [-0.2, 0) is 9.59 Å². The molecule has 108 valence electrons. The number of aliphatic carboxylic acids is 1. The number of hydrogen-bond donors (Lipinski definition) is 2. The molecule has 0 radical (unpaired) electrons. The topological polar surface area (TPSA) is 66.4 Å². The number of rotatable bonds is 5. The van der Waals surface area contributed by atoms with Gasteiger partial charge in [-0.3, -0.25) is 9.59 Å². The lowest BCUT2D eigenvalue weighted by atomic mass is 10.0. The molecule has 1 saturated carbocycles. The highest BCUT2D eigenvalue weighted by molar-refractivity contribution is 6.30. The fraction of sp³-hybridized carbons (Fsp3) is 0.429. The van der Waals surface area contributed by atoms with Gasteiger partial charge >= 0.3 is 5.97 Å². The molecule has 0 bridgehead atoms. The first-order chi connectivity index (χ1) is 9.38. The van der Waals surface area contributed by atoms with E-state index in [1.54, 1.807) is 0 Å². The molecule has 1 aliphatic rings. The number of nitrogens with one attached hydrogen (secondary N) is 1. The molecule has 1 fully saturated rings. The van der Waals surface area contributed by atoms with Crippen molar-refractivity contribution in [2.45, 2.75) is 25.8 Å². The molecule has 0 aliphatic heterocycles. The van der Waals surface area contributed by atoms with Gasteiger partial charge in [-0.15, -0.1) is 0 Å². The lowest BCUT2D eigenvalue weighted by molar-refractivity contribution is -0.137. The summed E-state index contributed by atoms with van der Waals surface area (Å²) in [5, 5.41) is 11.6. The fourth-order valence-electron chi connectivity index (χ4n) is 2.12. The third-order valence-corrected chi connectivity index (χ3v) is 3.79. The standard InChI is InChI=1S/C14H15ClFNO3/c1-7-4-9(7)14(20)17-12(6-13(18)19)8-2-3-10(15)11(16)5-8/h2-3,5,7,9,12H,4,6H2,1H3,(H,17,20)(H,18,19). The lowest BCUT2D eigenvalue weighted by Gasteiger charge is -2.18. The van der Waals surface area contributed by atoms with E-state index in [2.05, 4.69) is 5.32 Å². The van der Waals surface area contributed by atoms with Crippen LogP contribution in [0.3, 0.4) is 0 Å². The Balaban J connectivity index is 2.15. The van der Waals surface area contributed by atoms with Crippen molar-refractivity contribution in [1.29, 1.82) is 0 Å². The van der Waals surface area contributed by atoms with Gasteiger partial charge in [-0.25, -0.2) is 4.39 Å². The van der Waals surface area contributed by atoms with E-state index >= 15 is 0 Å². The number of carbonyl (C=O) groups excluding carboxylic acids is 1. The minimum Gasteiger partial charge on any atom is -0.481 e. The van der Waals surface area contributed by atoms with E-state index in [1.165, 1.54) is 12.1 Å². The van der Waals surface area contributed by atoms with Crippen LogP contribution in [0.5, 0.6) is 0 Å². The van der Waals surface area contributed by atoms with E-state index in [1.807, 2.05) is 6.92 Å². The molecule has 4 nitrogen and oxygen atoms in total. The molecule has 1 amide bonds. The molecule has 0 spiro atoms. The van der Waals surface area contributed by atoms with Crippen molar-refractivity contribution >= 4 is 23.5 Å². The lowest BCUT2D eigenvalue weighted by Crippen LogP contribution is -2.31. The van der Waals surface area contributed by atoms with E-state index in [4.69, 9.17) is 16.7 Å². The summed E-state index contributed by atoms with van der Waals surface area (Å²) in [7, 11) is 0. The van der Waals surface area contributed by atoms with Crippen molar-refractivity contribution in [3.05, 3.63) is 34.6 Å². The Hall–Kier alpha value is -1.62. The Morgan fingerprint density at radius 3 is 2.70 bits per heavy atom. The Morgan fingerprint density at radius 1 is 1.55 bits per heavy atom. The van der Waals surface area contributed by atoms with Crippen molar-refractivity contribution in [3.63, 3.8) is 0 Å². The summed E-state index contributed by atoms with van der Waals surface area (Å²) in [6.45, 7) is 1.96. The maximum Gasteiger partial charge on any atom is 0.305 e. The molecule has 20 heavy (non-hydrogen) atoms. The van der Waals surface area contributed by atoms with Gasteiger partial charge in [-0.1, -0.05) is 24.6 Å². The van der Waals surface area contributed by atoms with Crippen molar-refractivity contribution in [3.8, 4) is 0 Å². The number of amides is 1. The highest BCUT2D eigenvalue weighted by Crippen LogP contribution is 2.38. The van der Waals surface area contributed by atoms with E-state index in [0.717, 1.165) is 12.5 Å². The van der Waals surface area contributed by atoms with Crippen molar-refractivity contribution in [2.75, 3.05) is 0 Å². The number of halogens is 2. The normalized spacial score (nSPS) is 22.1. The van der Waals surface area contributed by atoms with E-state index in [9.17, 15) is 14.0 Å². The molecule has 2 rings (SSSR count). The second-order valence-corrected chi connectivity index (χ2v) is 5.56. The first-order valence-electron chi connectivity index (χ1n) is 6.35. The monoisotopic (exact) mass is 299 g/mol. The van der Waals surface area contributed by atoms with Gasteiger partial charge in [0.2, 0.25) is 5.91 Å². The molecule has 3 unspecified atom stereocenters. The first kappa shape index (κ1) is 14.8. The Kier molecular flexibility index (Phi) is 4.28. The fourth-order valence-corrected chi connectivity index (χ4v) is 2.24. The predicted molar refractivity (Wildman–Crippen MR) is 71.8 cm³/mol. The molecule has 2 N–H and O–H groups in total. The average Bonchev–Trinajstić information content (AvgIpc) is 3.08. The second-order valence-electron chi connectivity index (χ2n) is 5.15. The summed E-state index contributed by atoms with van der Waals surface area (Å²) in [6, 6.07) is 3.29. The highest BCUT2D eigenvalue weighted by atomic mass is 35.5. The van der Waals surface area contributed by atoms with Crippen LogP contribution in [0.15, 0.2) is 18.2 Å². The molecular weight excluding hydrogens is 285 g/mol. The molecular formula is C14H15ClFNO3. The van der Waals surface area contributed by atoms with Crippen LogP contribution in [0.2, 0.25) is 5.02 Å². The van der Waals surface area contributed by atoms with Gasteiger partial charge in [0, 0.05) is 5.92 Å². The smallest absolute Gasteiger partial charge is 0.305 e. The molecule has 6 heteroatoms. The maximum atomic E-state index is 13.5. The third-order valence-electron chi connectivity index (χ3n) is 3.49. The van der Waals surface area contributed by atoms with Crippen LogP contribution in [0.1, 0.15) is 31.4 Å². The molecule has 0 heterocycles. The summed E-state index contributed by atoms with van der Waals surface area (Å²) in [4.78, 5) is 22.8. The maximum absolute atomic E-state index is 13.5. The third kappa shape index (κ3) is 3.48. The molecule has 1 aliphatic carbocycles. The van der Waals surface area contributed by atoms with Gasteiger partial charge in [0.15, 0.2) is 0 Å². The van der Waals surface area contributed by atoms with Gasteiger partial charge in [-0.2, -0.15) is 0 Å². The van der Waals surface area contributed by atoms with Gasteiger partial charge in [-0.05, 0) is 30.0 Å². The largest absolute Gasteiger partial charge is 0.481 e. The summed E-state index contributed by atoms with van der Waals surface area (Å²) < 4.78 is 13.5. The zero-order chi connectivity index (χ0) is 14.9. The van der Waals surface area contributed by atoms with Crippen LogP contribution in [0.4, 0.5) is 4.39 Å². The number of hydrogen-bond acceptors (Lipinski definition) is 2. The van der Waals surface area contributed by atoms with Crippen LogP contribution >= 0.6 is 11.6 Å². The van der Waals surface area contributed by atoms with E-state index in [0.29, 0.717) is 11.5 Å².